The first-order valence-corrected chi connectivity index (χ1v) is 9.00. The molecule has 0 aliphatic carbocycles. The van der Waals surface area contributed by atoms with Crippen molar-refractivity contribution < 1.29 is 14.8 Å². The van der Waals surface area contributed by atoms with Gasteiger partial charge in [-0.1, -0.05) is 24.3 Å². The van der Waals surface area contributed by atoms with E-state index >= 15 is 0 Å². The van der Waals surface area contributed by atoms with Gasteiger partial charge >= 0.3 is 0 Å². The molecule has 0 saturated carbocycles. The van der Waals surface area contributed by atoms with Gasteiger partial charge in [0.05, 0.1) is 18.9 Å². The summed E-state index contributed by atoms with van der Waals surface area (Å²) < 4.78 is 0. The lowest BCUT2D eigenvalue weighted by molar-refractivity contribution is -0.133. The average molecular weight is 368 g/mol. The fourth-order valence-corrected chi connectivity index (χ4v) is 3.51. The van der Waals surface area contributed by atoms with Crippen molar-refractivity contribution in [3.8, 4) is 0 Å². The zero-order chi connectivity index (χ0) is 19.2. The van der Waals surface area contributed by atoms with Gasteiger partial charge in [-0.15, -0.1) is 0 Å². The van der Waals surface area contributed by atoms with Crippen LogP contribution in [-0.2, 0) is 16.0 Å². The molecule has 1 aromatic carbocycles. The van der Waals surface area contributed by atoms with Gasteiger partial charge in [0.15, 0.2) is 0 Å². The number of aromatic nitrogens is 1. The van der Waals surface area contributed by atoms with E-state index in [1.165, 1.54) is 0 Å². The molecule has 142 valence electrons. The third kappa shape index (κ3) is 4.62. The summed E-state index contributed by atoms with van der Waals surface area (Å²) in [6.07, 6.45) is 3.77. The number of hydroxylamine groups is 1. The van der Waals surface area contributed by atoms with Gasteiger partial charge in [0, 0.05) is 37.7 Å². The lowest BCUT2D eigenvalue weighted by Crippen LogP contribution is -2.56. The molecule has 2 heterocycles. The predicted molar refractivity (Wildman–Crippen MR) is 101 cm³/mol. The number of anilines is 1. The van der Waals surface area contributed by atoms with Gasteiger partial charge in [-0.05, 0) is 30.2 Å². The second-order valence-electron chi connectivity index (χ2n) is 6.75. The fraction of sp³-hybridized carbons (Fsp3) is 0.350. The van der Waals surface area contributed by atoms with E-state index in [4.69, 9.17) is 5.21 Å². The van der Waals surface area contributed by atoms with E-state index < -0.39 is 5.91 Å². The molecule has 0 spiro atoms. The Kier molecular flexibility index (Phi) is 6.03. The van der Waals surface area contributed by atoms with Crippen molar-refractivity contribution in [1.29, 1.82) is 0 Å². The van der Waals surface area contributed by atoms with Crippen molar-refractivity contribution >= 4 is 17.5 Å². The molecule has 0 bridgehead atoms. The van der Waals surface area contributed by atoms with E-state index in [1.54, 1.807) is 22.8 Å². The fourth-order valence-electron chi connectivity index (χ4n) is 3.51. The second kappa shape index (κ2) is 8.64. The first-order valence-electron chi connectivity index (χ1n) is 9.00. The van der Waals surface area contributed by atoms with Crippen LogP contribution >= 0.6 is 0 Å². The maximum Gasteiger partial charge on any atom is 0.245 e. The van der Waals surface area contributed by atoms with Crippen LogP contribution in [0, 0.1) is 6.92 Å². The molecule has 1 unspecified atom stereocenters. The summed E-state index contributed by atoms with van der Waals surface area (Å²) in [5.41, 5.74) is 4.74. The number of nitrogens with zero attached hydrogens (tertiary/aromatic N) is 3. The van der Waals surface area contributed by atoms with Crippen LogP contribution in [-0.4, -0.2) is 52.6 Å². The Morgan fingerprint density at radius 1 is 1.22 bits per heavy atom. The Bertz CT molecular complexity index is 797. The molecular formula is C20H24N4O3. The summed E-state index contributed by atoms with van der Waals surface area (Å²) in [7, 11) is 0. The molecule has 1 atom stereocenters. The Labute approximate surface area is 158 Å². The van der Waals surface area contributed by atoms with E-state index in [2.05, 4.69) is 9.88 Å². The average Bonchev–Trinajstić information content (AvgIpc) is 2.69. The van der Waals surface area contributed by atoms with E-state index in [0.29, 0.717) is 19.6 Å². The van der Waals surface area contributed by atoms with Crippen molar-refractivity contribution in [2.45, 2.75) is 25.8 Å². The summed E-state index contributed by atoms with van der Waals surface area (Å²) in [4.78, 5) is 32.5. The lowest BCUT2D eigenvalue weighted by atomic mass is 10.0. The number of hydrogen-bond acceptors (Lipinski definition) is 5. The van der Waals surface area contributed by atoms with Gasteiger partial charge in [-0.3, -0.25) is 19.8 Å². The maximum atomic E-state index is 12.7. The number of rotatable bonds is 5. The standard InChI is InChI=1S/C20H24N4O3/c1-15-5-2-3-7-18(15)24-10-9-23(14-17(24)12-19(25)22-27)20(26)11-16-6-4-8-21-13-16/h2-8,13,17,27H,9-12,14H2,1H3,(H,22,25). The first kappa shape index (κ1) is 18.8. The van der Waals surface area contributed by atoms with Crippen LogP contribution in [0.2, 0.25) is 0 Å². The van der Waals surface area contributed by atoms with Crippen molar-refractivity contribution in [1.82, 2.24) is 15.4 Å². The number of aryl methyl sites for hydroxylation is 1. The zero-order valence-corrected chi connectivity index (χ0v) is 15.3. The summed E-state index contributed by atoms with van der Waals surface area (Å²) in [5, 5.41) is 8.94. The molecule has 3 rings (SSSR count). The molecule has 27 heavy (non-hydrogen) atoms. The second-order valence-corrected chi connectivity index (χ2v) is 6.75. The molecule has 7 heteroatoms. The number of nitrogens with one attached hydrogen (secondary N) is 1. The number of amides is 2. The smallest absolute Gasteiger partial charge is 0.245 e. The molecule has 1 aromatic heterocycles. The van der Waals surface area contributed by atoms with Crippen molar-refractivity contribution in [3.63, 3.8) is 0 Å². The van der Waals surface area contributed by atoms with Crippen LogP contribution in [0.5, 0.6) is 0 Å². The number of pyridine rings is 1. The summed E-state index contributed by atoms with van der Waals surface area (Å²) >= 11 is 0. The number of carbonyl (C=O) groups excluding carboxylic acids is 2. The van der Waals surface area contributed by atoms with Crippen LogP contribution in [0.3, 0.4) is 0 Å². The van der Waals surface area contributed by atoms with Gasteiger partial charge in [0.25, 0.3) is 0 Å². The molecule has 7 nitrogen and oxygen atoms in total. The number of piperazine rings is 1. The van der Waals surface area contributed by atoms with Crippen LogP contribution in [0.4, 0.5) is 5.69 Å². The van der Waals surface area contributed by atoms with Crippen LogP contribution < -0.4 is 10.4 Å². The number of carbonyl (C=O) groups is 2. The number of hydrogen-bond donors (Lipinski definition) is 2. The van der Waals surface area contributed by atoms with E-state index in [-0.39, 0.29) is 24.8 Å². The van der Waals surface area contributed by atoms with E-state index in [9.17, 15) is 9.59 Å². The van der Waals surface area contributed by atoms with Crippen molar-refractivity contribution in [3.05, 3.63) is 59.9 Å². The van der Waals surface area contributed by atoms with Gasteiger partial charge < -0.3 is 9.80 Å². The van der Waals surface area contributed by atoms with Crippen LogP contribution in [0.1, 0.15) is 17.5 Å². The Hall–Kier alpha value is -2.93. The highest BCUT2D eigenvalue weighted by Gasteiger charge is 2.31. The quantitative estimate of drug-likeness (QED) is 0.618. The van der Waals surface area contributed by atoms with E-state index in [1.807, 2.05) is 43.3 Å². The Morgan fingerprint density at radius 3 is 2.74 bits per heavy atom. The van der Waals surface area contributed by atoms with Gasteiger partial charge in [0.1, 0.15) is 0 Å². The molecule has 2 N–H and O–H groups in total. The van der Waals surface area contributed by atoms with Gasteiger partial charge in [0.2, 0.25) is 11.8 Å². The normalized spacial score (nSPS) is 16.9. The molecule has 1 fully saturated rings. The SMILES string of the molecule is Cc1ccccc1N1CCN(C(=O)Cc2cccnc2)CC1CC(=O)NO. The topological polar surface area (TPSA) is 85.8 Å². The molecule has 2 aromatic rings. The summed E-state index contributed by atoms with van der Waals surface area (Å²) in [6.45, 7) is 3.68. The van der Waals surface area contributed by atoms with Crippen molar-refractivity contribution in [2.24, 2.45) is 0 Å². The molecule has 1 aliphatic rings. The maximum absolute atomic E-state index is 12.7. The Morgan fingerprint density at radius 2 is 2.04 bits per heavy atom. The largest absolute Gasteiger partial charge is 0.364 e. The molecule has 1 aliphatic heterocycles. The predicted octanol–water partition coefficient (Wildman–Crippen LogP) is 1.55. The number of para-hydroxylation sites is 1. The molecule has 0 radical (unpaired) electrons. The number of benzene rings is 1. The summed E-state index contributed by atoms with van der Waals surface area (Å²) in [5.74, 6) is -0.443. The van der Waals surface area contributed by atoms with Gasteiger partial charge in [-0.25, -0.2) is 5.48 Å². The van der Waals surface area contributed by atoms with Gasteiger partial charge in [-0.2, -0.15) is 0 Å². The van der Waals surface area contributed by atoms with E-state index in [0.717, 1.165) is 16.8 Å². The van der Waals surface area contributed by atoms with Crippen molar-refractivity contribution in [2.75, 3.05) is 24.5 Å². The molecular weight excluding hydrogens is 344 g/mol. The minimum atomic E-state index is -0.458. The molecule has 1 saturated heterocycles. The zero-order valence-electron chi connectivity index (χ0n) is 15.3. The lowest BCUT2D eigenvalue weighted by Gasteiger charge is -2.43. The third-order valence-electron chi connectivity index (χ3n) is 4.88. The minimum absolute atomic E-state index is 0.0156. The third-order valence-corrected chi connectivity index (χ3v) is 4.88. The summed E-state index contributed by atoms with van der Waals surface area (Å²) in [6, 6.07) is 11.5. The van der Waals surface area contributed by atoms with Crippen LogP contribution in [0.15, 0.2) is 48.8 Å². The minimum Gasteiger partial charge on any atom is -0.364 e. The highest BCUT2D eigenvalue weighted by Crippen LogP contribution is 2.26. The monoisotopic (exact) mass is 368 g/mol. The first-order chi connectivity index (χ1) is 13.1. The Balaban J connectivity index is 1.75. The highest BCUT2D eigenvalue weighted by atomic mass is 16.5. The molecule has 2 amide bonds. The van der Waals surface area contributed by atoms with Crippen LogP contribution in [0.25, 0.3) is 0 Å². The highest BCUT2D eigenvalue weighted by molar-refractivity contribution is 5.80.